The first-order valence-electron chi connectivity index (χ1n) is 6.22. The number of hydrogen-bond acceptors (Lipinski definition) is 5. The van der Waals surface area contributed by atoms with Crippen LogP contribution in [0.25, 0.3) is 0 Å². The van der Waals surface area contributed by atoms with E-state index in [1.807, 2.05) is 30.3 Å². The predicted octanol–water partition coefficient (Wildman–Crippen LogP) is 1.83. The highest BCUT2D eigenvalue weighted by Crippen LogP contribution is 2.39. The van der Waals surface area contributed by atoms with Gasteiger partial charge in [-0.2, -0.15) is 0 Å². The lowest BCUT2D eigenvalue weighted by Crippen LogP contribution is -2.28. The number of phenols is 3. The van der Waals surface area contributed by atoms with Crippen molar-refractivity contribution in [1.29, 1.82) is 0 Å². The van der Waals surface area contributed by atoms with Crippen LogP contribution >= 0.6 is 12.4 Å². The van der Waals surface area contributed by atoms with Crippen LogP contribution in [0.3, 0.4) is 0 Å². The summed E-state index contributed by atoms with van der Waals surface area (Å²) in [4.78, 5) is 0. The average molecular weight is 312 g/mol. The van der Waals surface area contributed by atoms with Crippen molar-refractivity contribution >= 4 is 12.4 Å². The lowest BCUT2D eigenvalue weighted by atomic mass is 9.96. The van der Waals surface area contributed by atoms with E-state index in [0.29, 0.717) is 6.42 Å². The maximum absolute atomic E-state index is 10.1. The molecule has 0 unspecified atom stereocenters. The fraction of sp³-hybridized carbons (Fsp3) is 0.200. The van der Waals surface area contributed by atoms with Crippen LogP contribution < -0.4 is 5.73 Å². The van der Waals surface area contributed by atoms with Gasteiger partial charge in [-0.05, 0) is 17.7 Å². The summed E-state index contributed by atoms with van der Waals surface area (Å²) in [5.74, 6) is -1.58. The third-order valence-electron chi connectivity index (χ3n) is 3.22. The van der Waals surface area contributed by atoms with Crippen LogP contribution in [0, 0.1) is 0 Å². The standard InChI is InChI=1S/C15H17NO4.ClH/c16-13(10-6-7-11(17)15(20)14(10)19)12(18)8-9-4-2-1-3-5-9;/h1-7,12-13,17-20H,8,16H2;1H/t12-,13+;/m1./s1. The maximum Gasteiger partial charge on any atom is 0.200 e. The zero-order chi connectivity index (χ0) is 14.7. The summed E-state index contributed by atoms with van der Waals surface area (Å²) in [5.41, 5.74) is 7.00. The number of aliphatic hydroxyl groups excluding tert-OH is 1. The van der Waals surface area contributed by atoms with E-state index in [1.165, 1.54) is 12.1 Å². The Hall–Kier alpha value is -1.95. The van der Waals surface area contributed by atoms with Gasteiger partial charge in [-0.25, -0.2) is 0 Å². The summed E-state index contributed by atoms with van der Waals surface area (Å²) in [5, 5.41) is 38.6. The number of hydrogen-bond donors (Lipinski definition) is 5. The van der Waals surface area contributed by atoms with E-state index in [0.717, 1.165) is 5.56 Å². The number of benzene rings is 2. The highest BCUT2D eigenvalue weighted by molar-refractivity contribution is 5.85. The van der Waals surface area contributed by atoms with Gasteiger partial charge in [-0.3, -0.25) is 0 Å². The van der Waals surface area contributed by atoms with Crippen LogP contribution in [0.5, 0.6) is 17.2 Å². The molecule has 0 bridgehead atoms. The largest absolute Gasteiger partial charge is 0.504 e. The van der Waals surface area contributed by atoms with E-state index in [4.69, 9.17) is 5.73 Å². The van der Waals surface area contributed by atoms with Gasteiger partial charge in [0.15, 0.2) is 11.5 Å². The van der Waals surface area contributed by atoms with Gasteiger partial charge in [0.2, 0.25) is 5.75 Å². The topological polar surface area (TPSA) is 107 Å². The summed E-state index contributed by atoms with van der Waals surface area (Å²) in [6.45, 7) is 0. The minimum atomic E-state index is -0.924. The minimum absolute atomic E-state index is 0. The zero-order valence-corrected chi connectivity index (χ0v) is 12.0. The summed E-state index contributed by atoms with van der Waals surface area (Å²) < 4.78 is 0. The molecule has 2 aromatic rings. The molecule has 0 aliphatic rings. The summed E-state index contributed by atoms with van der Waals surface area (Å²) in [6.07, 6.45) is -0.601. The first kappa shape index (κ1) is 17.1. The van der Waals surface area contributed by atoms with Crippen molar-refractivity contribution in [3.05, 3.63) is 53.6 Å². The van der Waals surface area contributed by atoms with Gasteiger partial charge < -0.3 is 26.2 Å². The smallest absolute Gasteiger partial charge is 0.200 e. The van der Waals surface area contributed by atoms with Crippen molar-refractivity contribution in [1.82, 2.24) is 0 Å². The molecule has 0 aliphatic heterocycles. The molecule has 0 spiro atoms. The molecule has 114 valence electrons. The van der Waals surface area contributed by atoms with Crippen molar-refractivity contribution in [3.63, 3.8) is 0 Å². The summed E-state index contributed by atoms with van der Waals surface area (Å²) in [6, 6.07) is 11.0. The quantitative estimate of drug-likeness (QED) is 0.554. The van der Waals surface area contributed by atoms with E-state index in [2.05, 4.69) is 0 Å². The molecular formula is C15H18ClNO4. The monoisotopic (exact) mass is 311 g/mol. The van der Waals surface area contributed by atoms with E-state index in [-0.39, 0.29) is 18.0 Å². The second-order valence-corrected chi connectivity index (χ2v) is 4.65. The van der Waals surface area contributed by atoms with E-state index < -0.39 is 29.4 Å². The average Bonchev–Trinajstić information content (AvgIpc) is 2.45. The molecule has 0 fully saturated rings. The SMILES string of the molecule is Cl.N[C@@H](c1ccc(O)c(O)c1O)[C@H](O)Cc1ccccc1. The number of phenolic OH excluding ortho intramolecular Hbond substituents is 3. The molecule has 6 N–H and O–H groups in total. The summed E-state index contributed by atoms with van der Waals surface area (Å²) in [7, 11) is 0. The number of aliphatic hydroxyl groups is 1. The fourth-order valence-corrected chi connectivity index (χ4v) is 2.04. The Bertz CT molecular complexity index is 592. The van der Waals surface area contributed by atoms with Crippen LogP contribution in [-0.2, 0) is 6.42 Å². The predicted molar refractivity (Wildman–Crippen MR) is 81.8 cm³/mol. The minimum Gasteiger partial charge on any atom is -0.504 e. The van der Waals surface area contributed by atoms with Crippen molar-refractivity contribution < 1.29 is 20.4 Å². The lowest BCUT2D eigenvalue weighted by Gasteiger charge is -2.20. The molecular weight excluding hydrogens is 294 g/mol. The highest BCUT2D eigenvalue weighted by atomic mass is 35.5. The van der Waals surface area contributed by atoms with Gasteiger partial charge in [0.05, 0.1) is 12.1 Å². The van der Waals surface area contributed by atoms with Crippen LogP contribution in [0.2, 0.25) is 0 Å². The zero-order valence-electron chi connectivity index (χ0n) is 11.2. The molecule has 0 aromatic heterocycles. The number of halogens is 1. The van der Waals surface area contributed by atoms with Gasteiger partial charge in [0, 0.05) is 12.0 Å². The highest BCUT2D eigenvalue weighted by Gasteiger charge is 2.23. The van der Waals surface area contributed by atoms with Crippen molar-refractivity contribution in [2.45, 2.75) is 18.6 Å². The Morgan fingerprint density at radius 3 is 2.14 bits per heavy atom. The lowest BCUT2D eigenvalue weighted by molar-refractivity contribution is 0.143. The van der Waals surface area contributed by atoms with Gasteiger partial charge >= 0.3 is 0 Å². The van der Waals surface area contributed by atoms with Gasteiger partial charge in [0.25, 0.3) is 0 Å². The van der Waals surface area contributed by atoms with Crippen molar-refractivity contribution in [2.24, 2.45) is 5.73 Å². The number of aromatic hydroxyl groups is 3. The Morgan fingerprint density at radius 1 is 0.905 bits per heavy atom. The molecule has 5 nitrogen and oxygen atoms in total. The first-order chi connectivity index (χ1) is 9.50. The second-order valence-electron chi connectivity index (χ2n) is 4.65. The van der Waals surface area contributed by atoms with Crippen molar-refractivity contribution in [3.8, 4) is 17.2 Å². The Balaban J connectivity index is 0.00000220. The Labute approximate surface area is 128 Å². The fourth-order valence-electron chi connectivity index (χ4n) is 2.04. The molecule has 0 heterocycles. The third-order valence-corrected chi connectivity index (χ3v) is 3.22. The van der Waals surface area contributed by atoms with Gasteiger partial charge in [-0.1, -0.05) is 30.3 Å². The molecule has 0 amide bonds. The number of rotatable bonds is 4. The molecule has 2 aromatic carbocycles. The first-order valence-corrected chi connectivity index (χ1v) is 6.22. The van der Waals surface area contributed by atoms with E-state index in [1.54, 1.807) is 0 Å². The molecule has 0 saturated carbocycles. The molecule has 2 rings (SSSR count). The van der Waals surface area contributed by atoms with Gasteiger partial charge in [0.1, 0.15) is 0 Å². The normalized spacial score (nSPS) is 13.2. The third kappa shape index (κ3) is 3.78. The van der Waals surface area contributed by atoms with Crippen LogP contribution in [0.15, 0.2) is 42.5 Å². The van der Waals surface area contributed by atoms with E-state index in [9.17, 15) is 20.4 Å². The van der Waals surface area contributed by atoms with Crippen molar-refractivity contribution in [2.75, 3.05) is 0 Å². The molecule has 0 saturated heterocycles. The Kier molecular flexibility index (Phi) is 5.84. The van der Waals surface area contributed by atoms with E-state index >= 15 is 0 Å². The molecule has 2 atom stereocenters. The molecule has 21 heavy (non-hydrogen) atoms. The molecule has 0 radical (unpaired) electrons. The Morgan fingerprint density at radius 2 is 1.52 bits per heavy atom. The van der Waals surface area contributed by atoms with Crippen LogP contribution in [0.1, 0.15) is 17.2 Å². The second kappa shape index (κ2) is 7.17. The van der Waals surface area contributed by atoms with Gasteiger partial charge in [-0.15, -0.1) is 12.4 Å². The molecule has 6 heteroatoms. The van der Waals surface area contributed by atoms with Crippen LogP contribution in [0.4, 0.5) is 0 Å². The maximum atomic E-state index is 10.1. The number of nitrogens with two attached hydrogens (primary N) is 1. The van der Waals surface area contributed by atoms with Crippen LogP contribution in [-0.4, -0.2) is 26.5 Å². The molecule has 0 aliphatic carbocycles. The summed E-state index contributed by atoms with van der Waals surface area (Å²) >= 11 is 0.